The Balaban J connectivity index is 2.30. The van der Waals surface area contributed by atoms with Crippen LogP contribution in [0.5, 0.6) is 11.5 Å². The van der Waals surface area contributed by atoms with Crippen LogP contribution in [0.3, 0.4) is 0 Å². The van der Waals surface area contributed by atoms with Crippen LogP contribution in [0.4, 0.5) is 15.8 Å². The number of nitrogens with zero attached hydrogens (tertiary/aromatic N) is 1. The maximum atomic E-state index is 13.2. The molecule has 0 atom stereocenters. The van der Waals surface area contributed by atoms with Gasteiger partial charge in [-0.2, -0.15) is 0 Å². The molecule has 7 nitrogen and oxygen atoms in total. The molecule has 0 heterocycles. The molecule has 2 aromatic rings. The van der Waals surface area contributed by atoms with Gasteiger partial charge in [-0.05, 0) is 31.2 Å². The van der Waals surface area contributed by atoms with Crippen LogP contribution in [-0.2, 0) is 0 Å². The highest BCUT2D eigenvalue weighted by atomic mass is 19.1. The fourth-order valence-corrected chi connectivity index (χ4v) is 2.04. The summed E-state index contributed by atoms with van der Waals surface area (Å²) >= 11 is 0. The molecular weight excluding hydrogens is 319 g/mol. The number of nitrogens with one attached hydrogen (secondary N) is 1. The molecule has 2 aromatic carbocycles. The van der Waals surface area contributed by atoms with Crippen LogP contribution in [0, 0.1) is 15.9 Å². The van der Waals surface area contributed by atoms with Crippen LogP contribution in [0.25, 0.3) is 0 Å². The monoisotopic (exact) mass is 334 g/mol. The SMILES string of the molecule is CCOc1ccc(C(=O)Nc2ccc(F)cc2OC)cc1[N+](=O)[O-]. The molecule has 8 heteroatoms. The third kappa shape index (κ3) is 3.78. The van der Waals surface area contributed by atoms with E-state index in [1.54, 1.807) is 6.92 Å². The Morgan fingerprint density at radius 3 is 2.62 bits per heavy atom. The van der Waals surface area contributed by atoms with E-state index in [1.807, 2.05) is 0 Å². The van der Waals surface area contributed by atoms with Crippen molar-refractivity contribution in [3.63, 3.8) is 0 Å². The summed E-state index contributed by atoms with van der Waals surface area (Å²) in [5.74, 6) is -0.880. The van der Waals surface area contributed by atoms with Crippen molar-refractivity contribution >= 4 is 17.3 Å². The summed E-state index contributed by atoms with van der Waals surface area (Å²) in [7, 11) is 1.34. The van der Waals surface area contributed by atoms with Gasteiger partial charge in [0.15, 0.2) is 5.75 Å². The van der Waals surface area contributed by atoms with Gasteiger partial charge in [0.2, 0.25) is 0 Å². The minimum atomic E-state index is -0.625. The number of nitro benzene ring substituents is 1. The summed E-state index contributed by atoms with van der Waals surface area (Å²) in [5.41, 5.74) is 0.00698. The summed E-state index contributed by atoms with van der Waals surface area (Å²) in [4.78, 5) is 22.8. The third-order valence-corrected chi connectivity index (χ3v) is 3.13. The van der Waals surface area contributed by atoms with Crippen LogP contribution in [-0.4, -0.2) is 24.5 Å². The minimum Gasteiger partial charge on any atom is -0.494 e. The highest BCUT2D eigenvalue weighted by molar-refractivity contribution is 6.05. The number of anilines is 1. The third-order valence-electron chi connectivity index (χ3n) is 3.13. The molecule has 1 amide bonds. The number of carbonyl (C=O) groups excluding carboxylic acids is 1. The number of halogens is 1. The first kappa shape index (κ1) is 17.2. The van der Waals surface area contributed by atoms with Gasteiger partial charge in [-0.1, -0.05) is 0 Å². The standard InChI is InChI=1S/C16H15FN2O5/c1-3-24-14-7-4-10(8-13(14)19(21)22)16(20)18-12-6-5-11(17)9-15(12)23-2/h4-9H,3H2,1-2H3,(H,18,20). The summed E-state index contributed by atoms with van der Waals surface area (Å²) in [5, 5.41) is 13.6. The van der Waals surface area contributed by atoms with Crippen molar-refractivity contribution in [3.8, 4) is 11.5 Å². The fourth-order valence-electron chi connectivity index (χ4n) is 2.04. The molecule has 0 aliphatic carbocycles. The van der Waals surface area contributed by atoms with Gasteiger partial charge in [-0.3, -0.25) is 14.9 Å². The lowest BCUT2D eigenvalue weighted by molar-refractivity contribution is -0.385. The van der Waals surface area contributed by atoms with Crippen LogP contribution < -0.4 is 14.8 Å². The van der Waals surface area contributed by atoms with Crippen molar-refractivity contribution in [2.45, 2.75) is 6.92 Å². The number of carbonyl (C=O) groups is 1. The number of amides is 1. The maximum absolute atomic E-state index is 13.2. The molecule has 0 aliphatic heterocycles. The van der Waals surface area contributed by atoms with Crippen LogP contribution in [0.2, 0.25) is 0 Å². The molecule has 1 N–H and O–H groups in total. The lowest BCUT2D eigenvalue weighted by Gasteiger charge is -2.11. The van der Waals surface area contributed by atoms with E-state index >= 15 is 0 Å². The van der Waals surface area contributed by atoms with Crippen LogP contribution >= 0.6 is 0 Å². The Labute approximate surface area is 137 Å². The molecule has 0 radical (unpaired) electrons. The molecule has 2 rings (SSSR count). The second kappa shape index (κ2) is 7.40. The zero-order valence-corrected chi connectivity index (χ0v) is 13.0. The van der Waals surface area contributed by atoms with Crippen LogP contribution in [0.1, 0.15) is 17.3 Å². The molecule has 24 heavy (non-hydrogen) atoms. The van der Waals surface area contributed by atoms with Gasteiger partial charge in [0.1, 0.15) is 11.6 Å². The second-order valence-corrected chi connectivity index (χ2v) is 4.67. The number of hydrogen-bond donors (Lipinski definition) is 1. The zero-order chi connectivity index (χ0) is 17.7. The van der Waals surface area contributed by atoms with Crippen molar-refractivity contribution in [1.82, 2.24) is 0 Å². The van der Waals surface area contributed by atoms with Crippen molar-refractivity contribution < 1.29 is 23.6 Å². The zero-order valence-electron chi connectivity index (χ0n) is 13.0. The fraction of sp³-hybridized carbons (Fsp3) is 0.188. The molecule has 0 aromatic heterocycles. The molecule has 0 saturated carbocycles. The van der Waals surface area contributed by atoms with Gasteiger partial charge >= 0.3 is 5.69 Å². The van der Waals surface area contributed by atoms with Gasteiger partial charge in [0.25, 0.3) is 5.91 Å². The van der Waals surface area contributed by atoms with E-state index in [2.05, 4.69) is 5.32 Å². The molecule has 0 saturated heterocycles. The lowest BCUT2D eigenvalue weighted by atomic mass is 10.1. The average molecular weight is 334 g/mol. The number of methoxy groups -OCH3 is 1. The van der Waals surface area contributed by atoms with Gasteiger partial charge in [0, 0.05) is 17.7 Å². The number of rotatable bonds is 6. The number of benzene rings is 2. The smallest absolute Gasteiger partial charge is 0.311 e. The summed E-state index contributed by atoms with van der Waals surface area (Å²) in [6.07, 6.45) is 0. The number of hydrogen-bond acceptors (Lipinski definition) is 5. The highest BCUT2D eigenvalue weighted by Crippen LogP contribution is 2.29. The van der Waals surface area contributed by atoms with E-state index in [0.29, 0.717) is 0 Å². The second-order valence-electron chi connectivity index (χ2n) is 4.67. The predicted molar refractivity (Wildman–Crippen MR) is 85.2 cm³/mol. The Kier molecular flexibility index (Phi) is 5.31. The highest BCUT2D eigenvalue weighted by Gasteiger charge is 2.19. The van der Waals surface area contributed by atoms with Gasteiger partial charge in [-0.25, -0.2) is 4.39 Å². The molecule has 0 spiro atoms. The molecule has 126 valence electrons. The predicted octanol–water partition coefficient (Wildman–Crippen LogP) is 3.39. The Morgan fingerprint density at radius 1 is 1.25 bits per heavy atom. The molecule has 0 unspecified atom stereocenters. The Hall–Kier alpha value is -3.16. The topological polar surface area (TPSA) is 90.7 Å². The van der Waals surface area contributed by atoms with Gasteiger partial charge < -0.3 is 14.8 Å². The van der Waals surface area contributed by atoms with Gasteiger partial charge in [-0.15, -0.1) is 0 Å². The molecule has 0 fully saturated rings. The normalized spacial score (nSPS) is 10.1. The number of nitro groups is 1. The average Bonchev–Trinajstić information content (AvgIpc) is 2.56. The van der Waals surface area contributed by atoms with E-state index < -0.39 is 16.6 Å². The van der Waals surface area contributed by atoms with E-state index in [-0.39, 0.29) is 35.0 Å². The van der Waals surface area contributed by atoms with Crippen molar-refractivity contribution in [2.24, 2.45) is 0 Å². The summed E-state index contributed by atoms with van der Waals surface area (Å²) < 4.78 is 23.3. The maximum Gasteiger partial charge on any atom is 0.311 e. The van der Waals surface area contributed by atoms with E-state index in [4.69, 9.17) is 9.47 Å². The molecular formula is C16H15FN2O5. The first-order chi connectivity index (χ1) is 11.5. The lowest BCUT2D eigenvalue weighted by Crippen LogP contribution is -2.13. The first-order valence-electron chi connectivity index (χ1n) is 7.02. The number of ether oxygens (including phenoxy) is 2. The van der Waals surface area contributed by atoms with Crippen molar-refractivity contribution in [3.05, 3.63) is 57.9 Å². The van der Waals surface area contributed by atoms with Crippen molar-refractivity contribution in [2.75, 3.05) is 19.0 Å². The van der Waals surface area contributed by atoms with Crippen molar-refractivity contribution in [1.29, 1.82) is 0 Å². The largest absolute Gasteiger partial charge is 0.494 e. The molecule has 0 aliphatic rings. The quantitative estimate of drug-likeness (QED) is 0.646. The van der Waals surface area contributed by atoms with Crippen LogP contribution in [0.15, 0.2) is 36.4 Å². The minimum absolute atomic E-state index is 0.0662. The van der Waals surface area contributed by atoms with E-state index in [0.717, 1.165) is 12.1 Å². The molecule has 0 bridgehead atoms. The Morgan fingerprint density at radius 2 is 2.00 bits per heavy atom. The van der Waals surface area contributed by atoms with E-state index in [9.17, 15) is 19.3 Å². The summed E-state index contributed by atoms with van der Waals surface area (Å²) in [6, 6.07) is 7.52. The van der Waals surface area contributed by atoms with E-state index in [1.165, 1.54) is 31.4 Å². The Bertz CT molecular complexity index is 779. The summed E-state index contributed by atoms with van der Waals surface area (Å²) in [6.45, 7) is 1.96. The van der Waals surface area contributed by atoms with Gasteiger partial charge in [0.05, 0.1) is 24.3 Å². The first-order valence-corrected chi connectivity index (χ1v) is 7.02.